The Balaban J connectivity index is 2.30. The van der Waals surface area contributed by atoms with Crippen molar-refractivity contribution in [3.8, 4) is 0 Å². The molecule has 0 amide bonds. The van der Waals surface area contributed by atoms with Gasteiger partial charge in [-0.3, -0.25) is 4.98 Å². The predicted molar refractivity (Wildman–Crippen MR) is 40.4 cm³/mol. The van der Waals surface area contributed by atoms with E-state index >= 15 is 0 Å². The van der Waals surface area contributed by atoms with Crippen LogP contribution in [0.1, 0.15) is 24.6 Å². The van der Waals surface area contributed by atoms with Crippen LogP contribution in [0.25, 0.3) is 0 Å². The molecule has 0 spiro atoms. The molecule has 1 nitrogen and oxygen atoms in total. The van der Waals surface area contributed by atoms with Crippen molar-refractivity contribution in [2.45, 2.75) is 19.8 Å². The normalized spacial score (nSPS) is 9.89. The molecule has 0 aliphatic carbocycles. The molecule has 0 unspecified atom stereocenters. The minimum Gasteiger partial charge on any atom is -0.253 e. The van der Waals surface area contributed by atoms with Crippen LogP contribution in [0.4, 0.5) is 0 Å². The summed E-state index contributed by atoms with van der Waals surface area (Å²) in [4.78, 5) is 5.25. The zero-order valence-electron chi connectivity index (χ0n) is 5.50. The zero-order valence-corrected chi connectivity index (χ0v) is 6.32. The fourth-order valence-corrected chi connectivity index (χ4v) is 1.19. The number of hydrogen-bond donors (Lipinski definition) is 0. The Bertz CT molecular complexity index is 146. The maximum atomic E-state index is 3.96. The molecule has 0 aliphatic heterocycles. The minimum atomic E-state index is 1.17. The molecule has 0 aromatic carbocycles. The van der Waals surface area contributed by atoms with Crippen LogP contribution in [0.3, 0.4) is 0 Å². The van der Waals surface area contributed by atoms with E-state index in [9.17, 15) is 0 Å². The number of rotatable bonds is 3. The van der Waals surface area contributed by atoms with Crippen molar-refractivity contribution in [2.24, 2.45) is 0 Å². The molecule has 1 heterocycles. The van der Waals surface area contributed by atoms with Crippen molar-refractivity contribution in [2.75, 3.05) is 0 Å². The van der Waals surface area contributed by atoms with E-state index in [1.54, 1.807) is 11.3 Å². The third-order valence-corrected chi connectivity index (χ3v) is 1.86. The van der Waals surface area contributed by atoms with Gasteiger partial charge in [0, 0.05) is 17.5 Å². The van der Waals surface area contributed by atoms with Crippen molar-refractivity contribution < 1.29 is 0 Å². The monoisotopic (exact) mass is 140 g/mol. The lowest BCUT2D eigenvalue weighted by Gasteiger charge is -1.88. The summed E-state index contributed by atoms with van der Waals surface area (Å²) >= 11 is 1.70. The zero-order chi connectivity index (χ0) is 6.53. The van der Waals surface area contributed by atoms with Crippen LogP contribution in [-0.2, 0) is 0 Å². The molecule has 0 saturated carbocycles. The van der Waals surface area contributed by atoms with Gasteiger partial charge in [0.25, 0.3) is 0 Å². The molecule has 1 rings (SSSR count). The van der Waals surface area contributed by atoms with Crippen LogP contribution in [-0.4, -0.2) is 4.98 Å². The average Bonchev–Trinajstić information content (AvgIpc) is 2.34. The molecule has 0 aliphatic rings. The molecule has 9 heavy (non-hydrogen) atoms. The Labute approximate surface area is 59.8 Å². The maximum Gasteiger partial charge on any atom is 0.0794 e. The Morgan fingerprint density at radius 1 is 1.78 bits per heavy atom. The van der Waals surface area contributed by atoms with E-state index in [2.05, 4.69) is 18.3 Å². The summed E-state index contributed by atoms with van der Waals surface area (Å²) in [5, 5.41) is 0. The van der Waals surface area contributed by atoms with Gasteiger partial charge in [-0.25, -0.2) is 0 Å². The van der Waals surface area contributed by atoms with E-state index in [0.717, 1.165) is 0 Å². The quantitative estimate of drug-likeness (QED) is 0.628. The Morgan fingerprint density at radius 2 is 2.67 bits per heavy atom. The molecular formula is C7H10NS. The molecular weight excluding hydrogens is 130 g/mol. The first-order valence-corrected chi connectivity index (χ1v) is 4.03. The Hall–Kier alpha value is -0.370. The van der Waals surface area contributed by atoms with Gasteiger partial charge in [-0.2, -0.15) is 0 Å². The standard InChI is InChI=1S/C7H10NS/c1-2-3-4-7-5-8-6-9-7/h4-6H,2-3H2,1H3. The van der Waals surface area contributed by atoms with E-state index in [1.807, 2.05) is 11.7 Å². The molecule has 1 aromatic heterocycles. The number of thiazole rings is 1. The molecule has 0 N–H and O–H groups in total. The molecule has 1 radical (unpaired) electrons. The smallest absolute Gasteiger partial charge is 0.0794 e. The molecule has 0 bridgehead atoms. The van der Waals surface area contributed by atoms with Gasteiger partial charge in [0.1, 0.15) is 0 Å². The van der Waals surface area contributed by atoms with Gasteiger partial charge in [0.15, 0.2) is 0 Å². The largest absolute Gasteiger partial charge is 0.253 e. The highest BCUT2D eigenvalue weighted by Crippen LogP contribution is 2.10. The van der Waals surface area contributed by atoms with Crippen LogP contribution >= 0.6 is 11.3 Å². The lowest BCUT2D eigenvalue weighted by molar-refractivity contribution is 0.918. The topological polar surface area (TPSA) is 12.9 Å². The van der Waals surface area contributed by atoms with Gasteiger partial charge in [-0.1, -0.05) is 13.3 Å². The van der Waals surface area contributed by atoms with Crippen LogP contribution in [0.2, 0.25) is 0 Å². The summed E-state index contributed by atoms with van der Waals surface area (Å²) in [6.07, 6.45) is 6.51. The van der Waals surface area contributed by atoms with Crippen molar-refractivity contribution in [1.82, 2.24) is 4.98 Å². The average molecular weight is 140 g/mol. The fraction of sp³-hybridized carbons (Fsp3) is 0.429. The summed E-state index contributed by atoms with van der Waals surface area (Å²) in [5.41, 5.74) is 1.86. The minimum absolute atomic E-state index is 1.17. The summed E-state index contributed by atoms with van der Waals surface area (Å²) < 4.78 is 0. The summed E-state index contributed by atoms with van der Waals surface area (Å²) in [7, 11) is 0. The molecule has 0 saturated heterocycles. The number of nitrogens with zero attached hydrogens (tertiary/aromatic N) is 1. The first-order chi connectivity index (χ1) is 4.43. The summed E-state index contributed by atoms with van der Waals surface area (Å²) in [6, 6.07) is 0. The van der Waals surface area contributed by atoms with Gasteiger partial charge in [-0.05, 0) is 6.42 Å². The van der Waals surface area contributed by atoms with Crippen LogP contribution in [0.15, 0.2) is 11.7 Å². The maximum absolute atomic E-state index is 3.96. The fourth-order valence-electron chi connectivity index (χ4n) is 0.613. The first kappa shape index (κ1) is 6.75. The highest BCUT2D eigenvalue weighted by atomic mass is 32.1. The molecule has 49 valence electrons. The van der Waals surface area contributed by atoms with E-state index < -0.39 is 0 Å². The predicted octanol–water partition coefficient (Wildman–Crippen LogP) is 2.50. The van der Waals surface area contributed by atoms with E-state index in [0.29, 0.717) is 0 Å². The second-order valence-corrected chi connectivity index (χ2v) is 2.81. The van der Waals surface area contributed by atoms with Crippen LogP contribution in [0, 0.1) is 6.42 Å². The van der Waals surface area contributed by atoms with Crippen molar-refractivity contribution >= 4 is 11.3 Å². The lowest BCUT2D eigenvalue weighted by Crippen LogP contribution is -1.72. The first-order valence-electron chi connectivity index (χ1n) is 3.15. The highest BCUT2D eigenvalue weighted by molar-refractivity contribution is 7.09. The van der Waals surface area contributed by atoms with Gasteiger partial charge < -0.3 is 0 Å². The van der Waals surface area contributed by atoms with E-state index in [1.165, 1.54) is 17.7 Å². The molecule has 0 fully saturated rings. The molecule has 2 heteroatoms. The van der Waals surface area contributed by atoms with Gasteiger partial charge in [0.2, 0.25) is 0 Å². The third-order valence-electron chi connectivity index (χ3n) is 1.09. The highest BCUT2D eigenvalue weighted by Gasteiger charge is 1.91. The summed E-state index contributed by atoms with van der Waals surface area (Å²) in [6.45, 7) is 2.18. The van der Waals surface area contributed by atoms with Crippen molar-refractivity contribution in [1.29, 1.82) is 0 Å². The van der Waals surface area contributed by atoms with E-state index in [-0.39, 0.29) is 0 Å². The molecule has 1 aromatic rings. The SMILES string of the molecule is CCC[CH]c1cncs1. The Kier molecular flexibility index (Phi) is 2.71. The Morgan fingerprint density at radius 3 is 3.22 bits per heavy atom. The second-order valence-electron chi connectivity index (χ2n) is 1.90. The number of aromatic nitrogens is 1. The van der Waals surface area contributed by atoms with E-state index in [4.69, 9.17) is 0 Å². The van der Waals surface area contributed by atoms with Crippen LogP contribution < -0.4 is 0 Å². The lowest BCUT2D eigenvalue weighted by atomic mass is 10.2. The summed E-state index contributed by atoms with van der Waals surface area (Å²) in [5.74, 6) is 0. The second kappa shape index (κ2) is 3.62. The number of hydrogen-bond acceptors (Lipinski definition) is 2. The van der Waals surface area contributed by atoms with Crippen LogP contribution in [0.5, 0.6) is 0 Å². The number of unbranched alkanes of at least 4 members (excludes halogenated alkanes) is 1. The molecule has 0 atom stereocenters. The van der Waals surface area contributed by atoms with Gasteiger partial charge in [0.05, 0.1) is 5.51 Å². The van der Waals surface area contributed by atoms with Crippen molar-refractivity contribution in [3.63, 3.8) is 0 Å². The van der Waals surface area contributed by atoms with Gasteiger partial charge in [-0.15, -0.1) is 11.3 Å². The third kappa shape index (κ3) is 2.14. The van der Waals surface area contributed by atoms with Gasteiger partial charge >= 0.3 is 0 Å². The van der Waals surface area contributed by atoms with Crippen molar-refractivity contribution in [3.05, 3.63) is 23.0 Å².